The van der Waals surface area contributed by atoms with Crippen LogP contribution in [0, 0.1) is 0 Å². The summed E-state index contributed by atoms with van der Waals surface area (Å²) in [7, 11) is 1.36. The molecule has 0 aliphatic heterocycles. The Kier molecular flexibility index (Phi) is 5.31. The zero-order chi connectivity index (χ0) is 17.0. The number of rotatable bonds is 5. The Hall–Kier alpha value is -2.44. The van der Waals surface area contributed by atoms with E-state index in [2.05, 4.69) is 10.5 Å². The van der Waals surface area contributed by atoms with Gasteiger partial charge in [0.1, 0.15) is 5.75 Å². The molecule has 0 saturated heterocycles. The van der Waals surface area contributed by atoms with Crippen molar-refractivity contribution in [3.8, 4) is 11.5 Å². The molecule has 0 atom stereocenters. The monoisotopic (exact) mass is 353 g/mol. The quantitative estimate of drug-likeness (QED) is 0.635. The summed E-state index contributed by atoms with van der Waals surface area (Å²) in [5.74, 6) is -1.38. The lowest BCUT2D eigenvalue weighted by molar-refractivity contribution is -0.269. The number of carboxylic acids is 1. The molecule has 6 nitrogen and oxygen atoms in total. The second-order valence-electron chi connectivity index (χ2n) is 4.40. The van der Waals surface area contributed by atoms with Crippen LogP contribution in [0.2, 0.25) is 10.0 Å². The van der Waals surface area contributed by atoms with Crippen molar-refractivity contribution in [2.75, 3.05) is 12.5 Å². The number of halogens is 2. The first-order valence-electron chi connectivity index (χ1n) is 6.29. The van der Waals surface area contributed by atoms with Crippen LogP contribution in [0.3, 0.4) is 0 Å². The maximum absolute atomic E-state index is 11.6. The number of carbonyl (C=O) groups is 1. The molecular formula is C15H11Cl2N2O4-. The van der Waals surface area contributed by atoms with Crippen LogP contribution in [-0.2, 0) is 0 Å². The lowest BCUT2D eigenvalue weighted by Crippen LogP contribution is -1.99. The molecule has 0 bridgehead atoms. The Bertz CT molecular complexity index is 778. The fourth-order valence-electron chi connectivity index (χ4n) is 1.73. The van der Waals surface area contributed by atoms with Crippen LogP contribution in [0.5, 0.6) is 11.5 Å². The maximum Gasteiger partial charge on any atom is 0.335 e. The number of methoxy groups -OCH3 is 1. The first-order valence-corrected chi connectivity index (χ1v) is 7.04. The lowest BCUT2D eigenvalue weighted by atomic mass is 10.2. The van der Waals surface area contributed by atoms with Crippen LogP contribution in [0.4, 0.5) is 5.69 Å². The predicted molar refractivity (Wildman–Crippen MR) is 87.1 cm³/mol. The minimum Gasteiger partial charge on any atom is -0.869 e. The van der Waals surface area contributed by atoms with Crippen LogP contribution >= 0.6 is 23.2 Å². The van der Waals surface area contributed by atoms with Gasteiger partial charge in [-0.15, -0.1) is 0 Å². The number of nitrogens with one attached hydrogen (secondary N) is 1. The van der Waals surface area contributed by atoms with Crippen molar-refractivity contribution < 1.29 is 19.7 Å². The molecule has 0 aliphatic carbocycles. The standard InChI is InChI=1S/C15H12Cl2N2O4/c1-23-13-5-8(4-11(17)14(13)20)7-18-19-12-6-9(15(21)22)2-3-10(12)16/h2-7,19-20H,1H3,(H,21,22)/p-1/b18-7+. The molecule has 0 amide bonds. The zero-order valence-electron chi connectivity index (χ0n) is 11.8. The molecule has 0 saturated carbocycles. The molecule has 0 fully saturated rings. The molecule has 2 aromatic rings. The molecule has 0 unspecified atom stereocenters. The number of carboxylic acid groups (broad SMARTS) is 1. The summed E-state index contributed by atoms with van der Waals surface area (Å²) in [5.41, 5.74) is 3.58. The normalized spacial score (nSPS) is 10.7. The van der Waals surface area contributed by atoms with Crippen LogP contribution in [-0.4, -0.2) is 24.4 Å². The molecule has 120 valence electrons. The number of hydrogen-bond acceptors (Lipinski definition) is 5. The minimum atomic E-state index is -1.07. The Morgan fingerprint density at radius 2 is 2.04 bits per heavy atom. The van der Waals surface area contributed by atoms with Gasteiger partial charge in [0.2, 0.25) is 0 Å². The molecule has 8 heteroatoms. The van der Waals surface area contributed by atoms with Gasteiger partial charge in [0.15, 0.2) is 0 Å². The first-order chi connectivity index (χ1) is 10.9. The second kappa shape index (κ2) is 7.21. The van der Waals surface area contributed by atoms with E-state index in [0.717, 1.165) is 0 Å². The van der Waals surface area contributed by atoms with E-state index in [1.165, 1.54) is 43.7 Å². The van der Waals surface area contributed by atoms with Crippen molar-refractivity contribution in [3.05, 3.63) is 51.5 Å². The highest BCUT2D eigenvalue weighted by Crippen LogP contribution is 2.32. The molecule has 2 rings (SSSR count). The Morgan fingerprint density at radius 1 is 1.30 bits per heavy atom. The highest BCUT2D eigenvalue weighted by Gasteiger charge is 2.06. The number of ether oxygens (including phenoxy) is 1. The van der Waals surface area contributed by atoms with Gasteiger partial charge in [-0.3, -0.25) is 5.43 Å². The topological polar surface area (TPSA) is 94.0 Å². The van der Waals surface area contributed by atoms with Gasteiger partial charge in [-0.1, -0.05) is 23.2 Å². The summed E-state index contributed by atoms with van der Waals surface area (Å²) >= 11 is 11.8. The highest BCUT2D eigenvalue weighted by molar-refractivity contribution is 6.33. The van der Waals surface area contributed by atoms with Crippen molar-refractivity contribution in [2.45, 2.75) is 0 Å². The van der Waals surface area contributed by atoms with Crippen LogP contribution in [0.1, 0.15) is 15.9 Å². The SMILES string of the molecule is COc1cc(/C=N/Nc2cc(C(=O)O)ccc2Cl)cc(Cl)c1[O-]. The molecule has 23 heavy (non-hydrogen) atoms. The Labute approximate surface area is 141 Å². The van der Waals surface area contributed by atoms with Gasteiger partial charge in [0.05, 0.1) is 29.6 Å². The second-order valence-corrected chi connectivity index (χ2v) is 5.22. The predicted octanol–water partition coefficient (Wildman–Crippen LogP) is 3.22. The number of benzene rings is 2. The zero-order valence-corrected chi connectivity index (χ0v) is 13.4. The van der Waals surface area contributed by atoms with E-state index in [4.69, 9.17) is 33.0 Å². The van der Waals surface area contributed by atoms with Crippen molar-refractivity contribution in [1.82, 2.24) is 0 Å². The number of anilines is 1. The summed E-state index contributed by atoms with van der Waals surface area (Å²) in [6.07, 6.45) is 1.40. The summed E-state index contributed by atoms with van der Waals surface area (Å²) in [5, 5.41) is 24.8. The van der Waals surface area contributed by atoms with Gasteiger partial charge >= 0.3 is 5.97 Å². The van der Waals surface area contributed by atoms with Gasteiger partial charge in [-0.25, -0.2) is 4.79 Å². The fraction of sp³-hybridized carbons (Fsp3) is 0.0667. The van der Waals surface area contributed by atoms with E-state index in [1.807, 2.05) is 0 Å². The van der Waals surface area contributed by atoms with Crippen molar-refractivity contribution in [2.24, 2.45) is 5.10 Å². The van der Waals surface area contributed by atoms with E-state index in [0.29, 0.717) is 16.3 Å². The third kappa shape index (κ3) is 4.06. The summed E-state index contributed by atoms with van der Waals surface area (Å²) in [4.78, 5) is 10.9. The van der Waals surface area contributed by atoms with E-state index in [9.17, 15) is 9.90 Å². The van der Waals surface area contributed by atoms with E-state index in [1.54, 1.807) is 0 Å². The van der Waals surface area contributed by atoms with E-state index >= 15 is 0 Å². The number of hydrazone groups is 1. The third-order valence-corrected chi connectivity index (χ3v) is 3.47. The molecule has 2 aromatic carbocycles. The number of aromatic carboxylic acids is 1. The van der Waals surface area contributed by atoms with E-state index in [-0.39, 0.29) is 16.3 Å². The van der Waals surface area contributed by atoms with Crippen molar-refractivity contribution in [3.63, 3.8) is 0 Å². The van der Waals surface area contributed by atoms with Crippen LogP contribution in [0.25, 0.3) is 0 Å². The average molecular weight is 354 g/mol. The third-order valence-electron chi connectivity index (χ3n) is 2.86. The highest BCUT2D eigenvalue weighted by atomic mass is 35.5. The minimum absolute atomic E-state index is 0.0108. The average Bonchev–Trinajstić information content (AvgIpc) is 2.52. The van der Waals surface area contributed by atoms with Gasteiger partial charge in [0, 0.05) is 5.02 Å². The largest absolute Gasteiger partial charge is 0.869 e. The molecule has 0 aromatic heterocycles. The Balaban J connectivity index is 2.21. The summed E-state index contributed by atoms with van der Waals surface area (Å²) in [6.45, 7) is 0. The smallest absolute Gasteiger partial charge is 0.335 e. The summed E-state index contributed by atoms with van der Waals surface area (Å²) < 4.78 is 4.93. The maximum atomic E-state index is 11.6. The summed E-state index contributed by atoms with van der Waals surface area (Å²) in [6, 6.07) is 7.12. The van der Waals surface area contributed by atoms with Gasteiger partial charge in [0.25, 0.3) is 0 Å². The molecule has 0 aliphatic rings. The van der Waals surface area contributed by atoms with Crippen LogP contribution in [0.15, 0.2) is 35.4 Å². The molecule has 0 heterocycles. The van der Waals surface area contributed by atoms with Gasteiger partial charge in [-0.05, 0) is 41.6 Å². The van der Waals surface area contributed by atoms with Gasteiger partial charge in [-0.2, -0.15) is 5.10 Å². The van der Waals surface area contributed by atoms with Crippen LogP contribution < -0.4 is 15.3 Å². The number of nitrogens with zero attached hydrogens (tertiary/aromatic N) is 1. The molecule has 0 radical (unpaired) electrons. The van der Waals surface area contributed by atoms with Gasteiger partial charge < -0.3 is 14.9 Å². The lowest BCUT2D eigenvalue weighted by Gasteiger charge is -2.14. The molecular weight excluding hydrogens is 343 g/mol. The van der Waals surface area contributed by atoms with Crippen molar-refractivity contribution in [1.29, 1.82) is 0 Å². The first kappa shape index (κ1) is 16.9. The molecule has 2 N–H and O–H groups in total. The van der Waals surface area contributed by atoms with E-state index < -0.39 is 11.7 Å². The Morgan fingerprint density at radius 3 is 2.70 bits per heavy atom. The number of hydrogen-bond donors (Lipinski definition) is 2. The fourth-order valence-corrected chi connectivity index (χ4v) is 2.11. The molecule has 0 spiro atoms. The van der Waals surface area contributed by atoms with Crippen molar-refractivity contribution >= 4 is 41.1 Å².